The molecule has 1 amide bonds. The maximum absolute atomic E-state index is 12.8. The van der Waals surface area contributed by atoms with Crippen molar-refractivity contribution in [3.05, 3.63) is 89.1 Å². The van der Waals surface area contributed by atoms with Crippen LogP contribution >= 0.6 is 0 Å². The summed E-state index contributed by atoms with van der Waals surface area (Å²) in [5, 5.41) is 12.8. The van der Waals surface area contributed by atoms with Crippen LogP contribution in [-0.2, 0) is 20.7 Å². The van der Waals surface area contributed by atoms with Gasteiger partial charge in [0.2, 0.25) is 0 Å². The minimum absolute atomic E-state index is 0.104. The average molecular weight is 446 g/mol. The van der Waals surface area contributed by atoms with Gasteiger partial charge in [-0.25, -0.2) is 4.79 Å². The number of amides is 1. The quantitative estimate of drug-likeness (QED) is 0.426. The van der Waals surface area contributed by atoms with Crippen molar-refractivity contribution in [1.29, 1.82) is 0 Å². The summed E-state index contributed by atoms with van der Waals surface area (Å²) in [5.74, 6) is 4.25. The van der Waals surface area contributed by atoms with Gasteiger partial charge in [0.1, 0.15) is 17.4 Å². The third-order valence-electron chi connectivity index (χ3n) is 4.98. The maximum atomic E-state index is 12.8. The monoisotopic (exact) mass is 445 g/mol. The second-order valence-electron chi connectivity index (χ2n) is 7.61. The predicted molar refractivity (Wildman–Crippen MR) is 126 cm³/mol. The Balaban J connectivity index is 1.61. The van der Waals surface area contributed by atoms with E-state index in [0.717, 1.165) is 11.1 Å². The zero-order chi connectivity index (χ0) is 23.5. The highest BCUT2D eigenvalue weighted by atomic mass is 16.5. The van der Waals surface area contributed by atoms with E-state index in [2.05, 4.69) is 17.2 Å². The molecule has 6 nitrogen and oxygen atoms in total. The minimum Gasteiger partial charge on any atom is -0.507 e. The van der Waals surface area contributed by atoms with Gasteiger partial charge in [0.05, 0.1) is 13.2 Å². The van der Waals surface area contributed by atoms with Gasteiger partial charge in [-0.2, -0.15) is 0 Å². The fourth-order valence-electron chi connectivity index (χ4n) is 3.31. The van der Waals surface area contributed by atoms with Crippen LogP contribution in [0, 0.1) is 18.8 Å². The molecule has 2 N–H and O–H groups in total. The molecular formula is C27H27NO5. The van der Waals surface area contributed by atoms with Crippen molar-refractivity contribution in [2.45, 2.75) is 32.3 Å². The molecule has 33 heavy (non-hydrogen) atoms. The molecule has 1 aliphatic heterocycles. The van der Waals surface area contributed by atoms with Crippen molar-refractivity contribution in [1.82, 2.24) is 5.32 Å². The normalized spacial score (nSPS) is 17.5. The second-order valence-corrected chi connectivity index (χ2v) is 7.61. The zero-order valence-electron chi connectivity index (χ0n) is 18.5. The minimum atomic E-state index is -0.580. The lowest BCUT2D eigenvalue weighted by Gasteiger charge is -2.18. The number of fused-ring (bicyclic) bond motifs is 1. The third-order valence-corrected chi connectivity index (χ3v) is 4.98. The first kappa shape index (κ1) is 23.8. The van der Waals surface area contributed by atoms with Gasteiger partial charge in [-0.3, -0.25) is 4.79 Å². The number of hydrogen-bond acceptors (Lipinski definition) is 5. The number of aryl methyl sites for hydroxylation is 1. The fraction of sp³-hybridized carbons (Fsp3) is 0.259. The van der Waals surface area contributed by atoms with Crippen LogP contribution in [0.4, 0.5) is 0 Å². The predicted octanol–water partition coefficient (Wildman–Crippen LogP) is 3.82. The number of aromatic hydroxyl groups is 1. The van der Waals surface area contributed by atoms with E-state index < -0.39 is 18.0 Å². The van der Waals surface area contributed by atoms with Crippen LogP contribution in [0.25, 0.3) is 0 Å². The summed E-state index contributed by atoms with van der Waals surface area (Å²) < 4.78 is 11.2. The van der Waals surface area contributed by atoms with E-state index in [4.69, 9.17) is 9.47 Å². The van der Waals surface area contributed by atoms with Crippen LogP contribution in [-0.4, -0.2) is 36.3 Å². The highest BCUT2D eigenvalue weighted by Gasteiger charge is 2.21. The van der Waals surface area contributed by atoms with Crippen LogP contribution in [0.1, 0.15) is 39.9 Å². The number of phenolic OH excluding ortho intramolecular Hbond substituents is 1. The zero-order valence-corrected chi connectivity index (χ0v) is 18.5. The lowest BCUT2D eigenvalue weighted by atomic mass is 10.0. The molecule has 1 aliphatic rings. The molecule has 0 bridgehead atoms. The molecule has 0 saturated heterocycles. The number of carbonyl (C=O) groups is 2. The summed E-state index contributed by atoms with van der Waals surface area (Å²) in [6.45, 7) is 2.84. The Labute approximate surface area is 193 Å². The molecule has 170 valence electrons. The third kappa shape index (κ3) is 7.67. The van der Waals surface area contributed by atoms with Gasteiger partial charge in [-0.1, -0.05) is 48.4 Å². The molecule has 0 aliphatic carbocycles. The van der Waals surface area contributed by atoms with Gasteiger partial charge < -0.3 is 19.9 Å². The van der Waals surface area contributed by atoms with Crippen LogP contribution in [0.2, 0.25) is 0 Å². The summed E-state index contributed by atoms with van der Waals surface area (Å²) in [6.07, 6.45) is 7.87. The molecule has 0 aromatic heterocycles. The van der Waals surface area contributed by atoms with Crippen LogP contribution in [0.15, 0.2) is 66.9 Å². The highest BCUT2D eigenvalue weighted by molar-refractivity contribution is 5.95. The van der Waals surface area contributed by atoms with E-state index in [1.54, 1.807) is 18.2 Å². The van der Waals surface area contributed by atoms with Crippen LogP contribution in [0.5, 0.6) is 5.75 Å². The van der Waals surface area contributed by atoms with Crippen molar-refractivity contribution in [2.24, 2.45) is 0 Å². The largest absolute Gasteiger partial charge is 0.507 e. The van der Waals surface area contributed by atoms with Crippen molar-refractivity contribution >= 4 is 11.9 Å². The smallest absolute Gasteiger partial charge is 0.342 e. The molecule has 2 aromatic carbocycles. The Kier molecular flexibility index (Phi) is 8.87. The highest BCUT2D eigenvalue weighted by Crippen LogP contribution is 2.24. The van der Waals surface area contributed by atoms with Crippen molar-refractivity contribution in [3.8, 4) is 17.6 Å². The van der Waals surface area contributed by atoms with E-state index in [0.29, 0.717) is 38.0 Å². The number of rotatable bonds is 3. The fourth-order valence-corrected chi connectivity index (χ4v) is 3.31. The molecule has 1 heterocycles. The van der Waals surface area contributed by atoms with E-state index in [1.165, 1.54) is 12.3 Å². The van der Waals surface area contributed by atoms with Crippen molar-refractivity contribution in [2.75, 3.05) is 13.2 Å². The van der Waals surface area contributed by atoms with Gasteiger partial charge in [-0.05, 0) is 42.7 Å². The Bertz CT molecular complexity index is 1110. The Morgan fingerprint density at radius 1 is 1.24 bits per heavy atom. The number of carbonyl (C=O) groups excluding carboxylic acids is 2. The number of benzene rings is 2. The second kappa shape index (κ2) is 12.3. The molecule has 3 rings (SSSR count). The van der Waals surface area contributed by atoms with E-state index in [1.807, 2.05) is 43.3 Å². The van der Waals surface area contributed by atoms with Gasteiger partial charge >= 0.3 is 5.97 Å². The number of allylic oxidation sites excluding steroid dienone is 1. The average Bonchev–Trinajstić information content (AvgIpc) is 2.78. The molecule has 1 atom stereocenters. The lowest BCUT2D eigenvalue weighted by Crippen LogP contribution is -2.21. The van der Waals surface area contributed by atoms with Crippen molar-refractivity contribution < 1.29 is 24.2 Å². The molecular weight excluding hydrogens is 418 g/mol. The number of cyclic esters (lactones) is 1. The molecule has 0 fully saturated rings. The number of ether oxygens (including phenoxy) is 2. The first-order valence-corrected chi connectivity index (χ1v) is 10.8. The van der Waals surface area contributed by atoms with Gasteiger partial charge in [0.25, 0.3) is 5.91 Å². The SMILES string of the molecule is Cc1cccc(C#CC(=O)N/C=C/CC2CCOC/C=C/Cc3cccc(O)c3C(=O)O2)c1. The van der Waals surface area contributed by atoms with Gasteiger partial charge in [0.15, 0.2) is 0 Å². The summed E-state index contributed by atoms with van der Waals surface area (Å²) in [5.41, 5.74) is 2.71. The first-order valence-electron chi connectivity index (χ1n) is 10.8. The number of phenols is 1. The van der Waals surface area contributed by atoms with Gasteiger partial charge in [0, 0.05) is 30.5 Å². The van der Waals surface area contributed by atoms with Gasteiger partial charge in [-0.15, -0.1) is 0 Å². The molecule has 6 heteroatoms. The maximum Gasteiger partial charge on any atom is 0.342 e. The molecule has 1 unspecified atom stereocenters. The molecule has 0 spiro atoms. The Hall–Kier alpha value is -3.82. The first-order chi connectivity index (χ1) is 16.0. The topological polar surface area (TPSA) is 84.9 Å². The summed E-state index contributed by atoms with van der Waals surface area (Å²) >= 11 is 0. The molecule has 2 aromatic rings. The number of nitrogens with one attached hydrogen (secondary N) is 1. The van der Waals surface area contributed by atoms with Crippen LogP contribution < -0.4 is 5.32 Å². The number of esters is 1. The summed E-state index contributed by atoms with van der Waals surface area (Å²) in [6, 6.07) is 12.6. The van der Waals surface area contributed by atoms with E-state index >= 15 is 0 Å². The van der Waals surface area contributed by atoms with Crippen LogP contribution in [0.3, 0.4) is 0 Å². The van der Waals surface area contributed by atoms with E-state index in [-0.39, 0.29) is 11.3 Å². The number of hydrogen-bond donors (Lipinski definition) is 2. The van der Waals surface area contributed by atoms with Crippen molar-refractivity contribution in [3.63, 3.8) is 0 Å². The standard InChI is InChI=1S/C27H27NO5/c1-20-7-4-8-21(19-20)13-14-25(30)28-16-6-11-23-15-18-32-17-3-2-9-22-10-5-12-24(29)26(22)27(31)33-23/h2-8,10,12,16,19,23,29H,9,11,15,17-18H2,1H3,(H,28,30)/b3-2+,16-6+. The Morgan fingerprint density at radius 2 is 2.09 bits per heavy atom. The Morgan fingerprint density at radius 3 is 2.94 bits per heavy atom. The summed E-state index contributed by atoms with van der Waals surface area (Å²) in [4.78, 5) is 24.7. The van der Waals surface area contributed by atoms with E-state index in [9.17, 15) is 14.7 Å². The molecule has 0 radical (unpaired) electrons. The lowest BCUT2D eigenvalue weighted by molar-refractivity contribution is -0.114. The summed E-state index contributed by atoms with van der Waals surface area (Å²) in [7, 11) is 0. The molecule has 0 saturated carbocycles.